The number of nitriles is 1. The molecule has 0 spiro atoms. The number of nitrogens with zero attached hydrogens (tertiary/aromatic N) is 1. The first-order valence-corrected chi connectivity index (χ1v) is 2.29. The van der Waals surface area contributed by atoms with Crippen molar-refractivity contribution in [3.8, 4) is 6.19 Å². The molecule has 2 N–H and O–H groups in total. The van der Waals surface area contributed by atoms with E-state index in [-0.39, 0.29) is 0 Å². The third-order valence-corrected chi connectivity index (χ3v) is 0.437. The van der Waals surface area contributed by atoms with Crippen LogP contribution in [-0.4, -0.2) is 4.89 Å². The summed E-state index contributed by atoms with van der Waals surface area (Å²) in [5.41, 5.74) is 0. The van der Waals surface area contributed by atoms with E-state index < -0.39 is 8.18 Å². The largest absolute Gasteiger partial charge is 0.650 e. The highest BCUT2D eigenvalue weighted by Gasteiger charge is 2.03. The smallest absolute Gasteiger partial charge is 0.169 e. The van der Waals surface area contributed by atoms with E-state index in [2.05, 4.69) is 0 Å². The maximum absolute atomic E-state index is 9.41. The van der Waals surface area contributed by atoms with E-state index in [1.165, 1.54) is 6.19 Å². The summed E-state index contributed by atoms with van der Waals surface area (Å²) in [7, 11) is -2.46. The van der Waals surface area contributed by atoms with Crippen LogP contribution >= 0.6 is 8.18 Å². The molecular formula is CH2N2O2P+. The maximum atomic E-state index is 9.41. The van der Waals surface area contributed by atoms with Crippen molar-refractivity contribution in [2.75, 3.05) is 0 Å². The molecule has 6 heavy (non-hydrogen) atoms. The van der Waals surface area contributed by atoms with Gasteiger partial charge in [0.15, 0.2) is 0 Å². The normalized spacial score (nSPS) is 9.00. The summed E-state index contributed by atoms with van der Waals surface area (Å²) >= 11 is 0. The molecule has 0 aromatic carbocycles. The molecule has 0 bridgehead atoms. The average molecular weight is 105 g/mol. The van der Waals surface area contributed by atoms with Gasteiger partial charge < -0.3 is 0 Å². The third kappa shape index (κ3) is 3.35. The summed E-state index contributed by atoms with van der Waals surface area (Å²) in [6.45, 7) is 0. The SMILES string of the molecule is N#CN[P+](=O)O. The fourth-order valence-corrected chi connectivity index (χ4v) is 0.128. The van der Waals surface area contributed by atoms with Crippen LogP contribution < -0.4 is 5.09 Å². The Bertz CT molecular complexity index is 94.2. The minimum absolute atomic E-state index is 1.28. The predicted octanol–water partition coefficient (Wildman–Crippen LogP) is -0.293. The summed E-state index contributed by atoms with van der Waals surface area (Å²) in [4.78, 5) is 7.73. The Hall–Kier alpha value is -0.650. The Kier molecular flexibility index (Phi) is 2.30. The molecule has 0 aliphatic rings. The molecule has 0 aromatic rings. The van der Waals surface area contributed by atoms with Crippen LogP contribution in [0.15, 0.2) is 0 Å². The molecule has 0 radical (unpaired) electrons. The highest BCUT2D eigenvalue weighted by atomic mass is 31.1. The van der Waals surface area contributed by atoms with Crippen LogP contribution in [0.25, 0.3) is 0 Å². The first-order chi connectivity index (χ1) is 2.77. The Labute approximate surface area is 35.3 Å². The van der Waals surface area contributed by atoms with E-state index in [0.717, 1.165) is 0 Å². The van der Waals surface area contributed by atoms with E-state index in [0.29, 0.717) is 0 Å². The van der Waals surface area contributed by atoms with Crippen LogP contribution in [0.2, 0.25) is 0 Å². The molecule has 1 unspecified atom stereocenters. The van der Waals surface area contributed by atoms with Gasteiger partial charge in [0, 0.05) is 0 Å². The van der Waals surface area contributed by atoms with Gasteiger partial charge in [0.25, 0.3) is 0 Å². The lowest BCUT2D eigenvalue weighted by Gasteiger charge is -1.56. The van der Waals surface area contributed by atoms with Crippen LogP contribution in [0.1, 0.15) is 0 Å². The highest BCUT2D eigenvalue weighted by Crippen LogP contribution is 2.00. The van der Waals surface area contributed by atoms with Gasteiger partial charge in [-0.1, -0.05) is 5.09 Å². The van der Waals surface area contributed by atoms with Crippen molar-refractivity contribution >= 4 is 8.18 Å². The van der Waals surface area contributed by atoms with Crippen molar-refractivity contribution in [3.63, 3.8) is 0 Å². The van der Waals surface area contributed by atoms with Gasteiger partial charge in [0.05, 0.1) is 0 Å². The van der Waals surface area contributed by atoms with Gasteiger partial charge >= 0.3 is 8.18 Å². The number of hydrogen-bond donors (Lipinski definition) is 2. The predicted molar refractivity (Wildman–Crippen MR) is 18.6 cm³/mol. The fraction of sp³-hybridized carbons (Fsp3) is 0. The Balaban J connectivity index is 3.13. The van der Waals surface area contributed by atoms with Crippen molar-refractivity contribution in [1.29, 1.82) is 5.26 Å². The van der Waals surface area contributed by atoms with Crippen LogP contribution in [0.4, 0.5) is 0 Å². The van der Waals surface area contributed by atoms with Gasteiger partial charge in [-0.05, 0) is 4.57 Å². The maximum Gasteiger partial charge on any atom is 0.650 e. The average Bonchev–Trinajstić information content (AvgIpc) is 1.35. The summed E-state index contributed by atoms with van der Waals surface area (Å²) < 4.78 is 9.41. The molecule has 0 saturated carbocycles. The molecule has 0 saturated heterocycles. The Morgan fingerprint density at radius 3 is 2.50 bits per heavy atom. The minimum atomic E-state index is -2.46. The van der Waals surface area contributed by atoms with Gasteiger partial charge in [-0.25, -0.2) is 0 Å². The van der Waals surface area contributed by atoms with Crippen LogP contribution in [0.5, 0.6) is 0 Å². The van der Waals surface area contributed by atoms with E-state index >= 15 is 0 Å². The lowest BCUT2D eigenvalue weighted by atomic mass is 11.5. The minimum Gasteiger partial charge on any atom is -0.169 e. The molecule has 5 heteroatoms. The molecule has 0 aromatic heterocycles. The van der Waals surface area contributed by atoms with E-state index in [1.54, 1.807) is 5.09 Å². The summed E-state index contributed by atoms with van der Waals surface area (Å²) in [5, 5.41) is 9.11. The monoisotopic (exact) mass is 105 g/mol. The van der Waals surface area contributed by atoms with Crippen molar-refractivity contribution in [2.24, 2.45) is 0 Å². The Morgan fingerprint density at radius 2 is 2.50 bits per heavy atom. The van der Waals surface area contributed by atoms with Crippen molar-refractivity contribution in [1.82, 2.24) is 5.09 Å². The summed E-state index contributed by atoms with van der Waals surface area (Å²) in [5.74, 6) is 0. The molecule has 32 valence electrons. The van der Waals surface area contributed by atoms with E-state index in [9.17, 15) is 4.57 Å². The second-order valence-electron chi connectivity index (χ2n) is 0.497. The molecule has 0 aliphatic heterocycles. The zero-order valence-corrected chi connectivity index (χ0v) is 3.64. The molecule has 1 atom stereocenters. The van der Waals surface area contributed by atoms with Gasteiger partial charge in [-0.3, -0.25) is 0 Å². The summed E-state index contributed by atoms with van der Waals surface area (Å²) in [6.07, 6.45) is 1.28. The molecule has 0 amide bonds. The second kappa shape index (κ2) is 2.58. The number of hydrogen-bond acceptors (Lipinski definition) is 2. The molecule has 4 nitrogen and oxygen atoms in total. The van der Waals surface area contributed by atoms with Crippen molar-refractivity contribution in [3.05, 3.63) is 0 Å². The summed E-state index contributed by atoms with van der Waals surface area (Å²) in [6, 6.07) is 0. The van der Waals surface area contributed by atoms with Crippen LogP contribution in [-0.2, 0) is 4.57 Å². The second-order valence-corrected chi connectivity index (χ2v) is 1.27. The van der Waals surface area contributed by atoms with Crippen LogP contribution in [0.3, 0.4) is 0 Å². The molecule has 0 aliphatic carbocycles. The number of rotatable bonds is 1. The molecule has 0 fully saturated rings. The lowest BCUT2D eigenvalue weighted by Crippen LogP contribution is -1.86. The van der Waals surface area contributed by atoms with Crippen molar-refractivity contribution in [2.45, 2.75) is 0 Å². The molecule has 0 rings (SSSR count). The van der Waals surface area contributed by atoms with E-state index in [4.69, 9.17) is 10.2 Å². The quantitative estimate of drug-likeness (QED) is 0.273. The van der Waals surface area contributed by atoms with Crippen LogP contribution in [0, 0.1) is 11.5 Å². The van der Waals surface area contributed by atoms with Gasteiger partial charge in [0.2, 0.25) is 6.19 Å². The lowest BCUT2D eigenvalue weighted by molar-refractivity contribution is 0.498. The standard InChI is InChI=1S/CHN2O2P/c2-1-3-6(4)5/h(H-,3,4,5)/p+1. The molecule has 0 heterocycles. The fourth-order valence-electron chi connectivity index (χ4n) is 0.0428. The topological polar surface area (TPSA) is 73.1 Å². The first kappa shape index (κ1) is 5.35. The molecular weight excluding hydrogens is 103 g/mol. The van der Waals surface area contributed by atoms with Crippen molar-refractivity contribution < 1.29 is 9.46 Å². The Morgan fingerprint density at radius 1 is 2.00 bits per heavy atom. The third-order valence-electron chi connectivity index (χ3n) is 0.146. The highest BCUT2D eigenvalue weighted by molar-refractivity contribution is 7.35. The number of nitrogens with one attached hydrogen (secondary N) is 1. The zero-order valence-electron chi connectivity index (χ0n) is 2.75. The van der Waals surface area contributed by atoms with Gasteiger partial charge in [0.1, 0.15) is 0 Å². The zero-order chi connectivity index (χ0) is 4.99. The first-order valence-electron chi connectivity index (χ1n) is 1.08. The van der Waals surface area contributed by atoms with Gasteiger partial charge in [-0.2, -0.15) is 5.26 Å². The van der Waals surface area contributed by atoms with E-state index in [1.807, 2.05) is 0 Å². The van der Waals surface area contributed by atoms with Gasteiger partial charge in [-0.15, -0.1) is 4.89 Å².